The van der Waals surface area contributed by atoms with E-state index in [-0.39, 0.29) is 41.6 Å². The van der Waals surface area contributed by atoms with Gasteiger partial charge in [-0.25, -0.2) is 23.3 Å². The molecular weight excluding hydrogens is 530 g/mol. The van der Waals surface area contributed by atoms with Gasteiger partial charge in [-0.3, -0.25) is 14.4 Å². The van der Waals surface area contributed by atoms with Crippen LogP contribution in [0.3, 0.4) is 0 Å². The lowest BCUT2D eigenvalue weighted by molar-refractivity contribution is -0.122. The molecule has 1 unspecified atom stereocenters. The van der Waals surface area contributed by atoms with Crippen molar-refractivity contribution in [1.82, 2.24) is 4.90 Å². The van der Waals surface area contributed by atoms with Crippen LogP contribution in [0.1, 0.15) is 38.9 Å². The molecule has 2 aromatic carbocycles. The number of hydrogen-bond donors (Lipinski definition) is 1. The van der Waals surface area contributed by atoms with Gasteiger partial charge in [0.15, 0.2) is 0 Å². The Kier molecular flexibility index (Phi) is 8.05. The Morgan fingerprint density at radius 1 is 1.08 bits per heavy atom. The summed E-state index contributed by atoms with van der Waals surface area (Å²) in [7, 11) is -3.84. The lowest BCUT2D eigenvalue weighted by atomic mass is 10.1. The third kappa shape index (κ3) is 5.82. The standard InChI is InChI=1S/C26H25N3O7S2/c1-2-36-26(33)18-7-9-19(10-8-18)29-23(30)16-21(24(29)31)28(25(32)22-4-3-15-37-22)14-13-17-5-11-20(12-6-17)38(27,34)35/h3-12,15,21H,2,13-14,16H2,1H3,(H2,27,34,35). The lowest BCUT2D eigenvalue weighted by Crippen LogP contribution is -2.46. The van der Waals surface area contributed by atoms with Gasteiger partial charge in [0.05, 0.1) is 34.1 Å². The molecule has 1 aliphatic heterocycles. The summed E-state index contributed by atoms with van der Waals surface area (Å²) in [6.45, 7) is 2.03. The molecule has 198 valence electrons. The molecule has 1 saturated heterocycles. The fraction of sp³-hybridized carbons (Fsp3) is 0.231. The van der Waals surface area contributed by atoms with Crippen LogP contribution in [0.25, 0.3) is 0 Å². The van der Waals surface area contributed by atoms with E-state index in [2.05, 4.69) is 0 Å². The Morgan fingerprint density at radius 3 is 2.34 bits per heavy atom. The summed E-state index contributed by atoms with van der Waals surface area (Å²) in [6.07, 6.45) is 0.119. The van der Waals surface area contributed by atoms with Crippen molar-refractivity contribution in [3.63, 3.8) is 0 Å². The maximum atomic E-state index is 13.5. The fourth-order valence-corrected chi connectivity index (χ4v) is 5.32. The number of benzene rings is 2. The first-order chi connectivity index (χ1) is 18.1. The highest BCUT2D eigenvalue weighted by atomic mass is 32.2. The van der Waals surface area contributed by atoms with Crippen molar-refractivity contribution in [2.45, 2.75) is 30.7 Å². The zero-order chi connectivity index (χ0) is 27.4. The van der Waals surface area contributed by atoms with Crippen LogP contribution in [0.2, 0.25) is 0 Å². The van der Waals surface area contributed by atoms with E-state index in [1.54, 1.807) is 36.6 Å². The van der Waals surface area contributed by atoms with Gasteiger partial charge >= 0.3 is 5.97 Å². The molecule has 0 radical (unpaired) electrons. The monoisotopic (exact) mass is 555 g/mol. The molecule has 3 aromatic rings. The quantitative estimate of drug-likeness (QED) is 0.316. The number of nitrogens with two attached hydrogens (primary N) is 1. The van der Waals surface area contributed by atoms with Crippen molar-refractivity contribution in [3.8, 4) is 0 Å². The van der Waals surface area contributed by atoms with Gasteiger partial charge in [0, 0.05) is 6.54 Å². The highest BCUT2D eigenvalue weighted by Crippen LogP contribution is 2.28. The molecule has 38 heavy (non-hydrogen) atoms. The van der Waals surface area contributed by atoms with Gasteiger partial charge in [0.2, 0.25) is 15.9 Å². The van der Waals surface area contributed by atoms with Crippen molar-refractivity contribution >= 4 is 50.7 Å². The summed E-state index contributed by atoms with van der Waals surface area (Å²) in [5, 5.41) is 6.90. The number of thiophene rings is 1. The molecule has 2 heterocycles. The first kappa shape index (κ1) is 27.2. The predicted molar refractivity (Wildman–Crippen MR) is 140 cm³/mol. The second-order valence-electron chi connectivity index (χ2n) is 8.47. The first-order valence-electron chi connectivity index (χ1n) is 11.7. The number of anilines is 1. The van der Waals surface area contributed by atoms with Gasteiger partial charge in [0.1, 0.15) is 6.04 Å². The summed E-state index contributed by atoms with van der Waals surface area (Å²) >= 11 is 1.23. The topological polar surface area (TPSA) is 144 Å². The maximum Gasteiger partial charge on any atom is 0.338 e. The molecule has 0 aliphatic carbocycles. The van der Waals surface area contributed by atoms with Gasteiger partial charge in [-0.15, -0.1) is 11.3 Å². The molecule has 4 rings (SSSR count). The molecule has 3 amide bonds. The van der Waals surface area contributed by atoms with Crippen LogP contribution < -0.4 is 10.0 Å². The minimum Gasteiger partial charge on any atom is -0.462 e. The van der Waals surface area contributed by atoms with E-state index in [0.717, 1.165) is 10.5 Å². The van der Waals surface area contributed by atoms with E-state index < -0.39 is 33.8 Å². The molecule has 1 atom stereocenters. The van der Waals surface area contributed by atoms with Gasteiger partial charge in [0.25, 0.3) is 11.8 Å². The Morgan fingerprint density at radius 2 is 1.76 bits per heavy atom. The van der Waals surface area contributed by atoms with Gasteiger partial charge in [-0.2, -0.15) is 0 Å². The zero-order valence-electron chi connectivity index (χ0n) is 20.4. The largest absolute Gasteiger partial charge is 0.462 e. The van der Waals surface area contributed by atoms with E-state index in [1.807, 2.05) is 0 Å². The summed E-state index contributed by atoms with van der Waals surface area (Å²) in [5.41, 5.74) is 1.30. The second-order valence-corrected chi connectivity index (χ2v) is 11.0. The Hall–Kier alpha value is -3.87. The number of primary sulfonamides is 1. The molecule has 12 heteroatoms. The number of rotatable bonds is 9. The van der Waals surface area contributed by atoms with Crippen molar-refractivity contribution in [2.24, 2.45) is 5.14 Å². The molecule has 0 bridgehead atoms. The smallest absolute Gasteiger partial charge is 0.338 e. The minimum absolute atomic E-state index is 0.0334. The Balaban J connectivity index is 1.56. The number of nitrogens with zero attached hydrogens (tertiary/aromatic N) is 2. The molecular formula is C26H25N3O7S2. The molecule has 1 fully saturated rings. The van der Waals surface area contributed by atoms with E-state index >= 15 is 0 Å². The SMILES string of the molecule is CCOC(=O)c1ccc(N2C(=O)CC(N(CCc3ccc(S(N)(=O)=O)cc3)C(=O)c3cccs3)C2=O)cc1. The summed E-state index contributed by atoms with van der Waals surface area (Å²) < 4.78 is 28.0. The van der Waals surface area contributed by atoms with Crippen LogP contribution in [0.5, 0.6) is 0 Å². The molecule has 0 spiro atoms. The maximum absolute atomic E-state index is 13.5. The van der Waals surface area contributed by atoms with Gasteiger partial charge < -0.3 is 9.64 Å². The van der Waals surface area contributed by atoms with E-state index in [9.17, 15) is 27.6 Å². The van der Waals surface area contributed by atoms with Crippen LogP contribution in [-0.2, 0) is 30.8 Å². The zero-order valence-corrected chi connectivity index (χ0v) is 22.0. The molecule has 2 N–H and O–H groups in total. The average molecular weight is 556 g/mol. The number of carbonyl (C=O) groups is 4. The van der Waals surface area contributed by atoms with E-state index in [0.29, 0.717) is 11.3 Å². The van der Waals surface area contributed by atoms with Gasteiger partial charge in [-0.05, 0) is 66.8 Å². The number of ether oxygens (including phenoxy) is 1. The number of amides is 3. The van der Waals surface area contributed by atoms with E-state index in [1.165, 1.54) is 52.6 Å². The molecule has 10 nitrogen and oxygen atoms in total. The Labute approximate surface area is 223 Å². The van der Waals surface area contributed by atoms with Crippen molar-refractivity contribution < 1.29 is 32.3 Å². The Bertz CT molecular complexity index is 1450. The highest BCUT2D eigenvalue weighted by Gasteiger charge is 2.44. The average Bonchev–Trinajstić information content (AvgIpc) is 3.52. The van der Waals surface area contributed by atoms with Crippen LogP contribution in [0, 0.1) is 0 Å². The fourth-order valence-electron chi connectivity index (χ4n) is 4.13. The number of imide groups is 1. The minimum atomic E-state index is -3.84. The van der Waals surface area contributed by atoms with Crippen LogP contribution >= 0.6 is 11.3 Å². The highest BCUT2D eigenvalue weighted by molar-refractivity contribution is 7.89. The van der Waals surface area contributed by atoms with Crippen LogP contribution in [0.4, 0.5) is 5.69 Å². The summed E-state index contributed by atoms with van der Waals surface area (Å²) in [5.74, 6) is -1.91. The number of hydrogen-bond acceptors (Lipinski definition) is 8. The van der Waals surface area contributed by atoms with Crippen molar-refractivity contribution in [2.75, 3.05) is 18.1 Å². The second kappa shape index (κ2) is 11.3. The van der Waals surface area contributed by atoms with E-state index in [4.69, 9.17) is 9.88 Å². The van der Waals surface area contributed by atoms with Crippen molar-refractivity contribution in [3.05, 3.63) is 82.0 Å². The normalized spacial score (nSPS) is 15.5. The summed E-state index contributed by atoms with van der Waals surface area (Å²) in [4.78, 5) is 54.5. The number of esters is 1. The number of carbonyl (C=O) groups excluding carboxylic acids is 4. The molecule has 0 saturated carbocycles. The van der Waals surface area contributed by atoms with Crippen LogP contribution in [0.15, 0.2) is 70.9 Å². The first-order valence-corrected chi connectivity index (χ1v) is 14.1. The lowest BCUT2D eigenvalue weighted by Gasteiger charge is -2.27. The molecule has 1 aromatic heterocycles. The third-order valence-electron chi connectivity index (χ3n) is 6.02. The predicted octanol–water partition coefficient (Wildman–Crippen LogP) is 2.59. The summed E-state index contributed by atoms with van der Waals surface area (Å²) in [6, 6.07) is 14.2. The van der Waals surface area contributed by atoms with Crippen LogP contribution in [-0.4, -0.2) is 56.2 Å². The van der Waals surface area contributed by atoms with Gasteiger partial charge in [-0.1, -0.05) is 18.2 Å². The molecule has 1 aliphatic rings. The number of sulfonamides is 1. The third-order valence-corrected chi connectivity index (χ3v) is 7.81. The van der Waals surface area contributed by atoms with Crippen molar-refractivity contribution in [1.29, 1.82) is 0 Å².